The van der Waals surface area contributed by atoms with Crippen LogP contribution in [0.2, 0.25) is 0 Å². The molecule has 2 fully saturated rings. The van der Waals surface area contributed by atoms with Crippen LogP contribution >= 0.6 is 0 Å². The molecule has 0 heterocycles. The number of hydrogen-bond acceptors (Lipinski definition) is 2. The van der Waals surface area contributed by atoms with E-state index < -0.39 is 0 Å². The highest BCUT2D eigenvalue weighted by Gasteiger charge is 2.58. The highest BCUT2D eigenvalue weighted by atomic mass is 16.3. The summed E-state index contributed by atoms with van der Waals surface area (Å²) in [5.41, 5.74) is 1.49. The van der Waals surface area contributed by atoms with Gasteiger partial charge in [-0.1, -0.05) is 37.6 Å². The molecule has 0 aromatic carbocycles. The van der Waals surface area contributed by atoms with Crippen LogP contribution in [-0.2, 0) is 4.79 Å². The lowest BCUT2D eigenvalue weighted by atomic mass is 9.48. The van der Waals surface area contributed by atoms with Crippen LogP contribution in [0.3, 0.4) is 0 Å². The predicted molar refractivity (Wildman–Crippen MR) is 91.8 cm³/mol. The number of Topliss-reactive ketones (excluding diaryl/α,β-unsaturated/α-hetero) is 1. The normalized spacial score (nSPS) is 55.3. The zero-order valence-corrected chi connectivity index (χ0v) is 14.6. The van der Waals surface area contributed by atoms with Gasteiger partial charge in [0, 0.05) is 12.7 Å². The first-order valence-corrected chi connectivity index (χ1v) is 9.27. The fourth-order valence-corrected chi connectivity index (χ4v) is 6.60. The molecule has 2 nitrogen and oxygen atoms in total. The predicted octanol–water partition coefficient (Wildman–Crippen LogP) is 4.29. The van der Waals surface area contributed by atoms with Crippen LogP contribution in [0, 0.1) is 34.5 Å². The molecule has 4 unspecified atom stereocenters. The molecule has 0 saturated heterocycles. The minimum absolute atomic E-state index is 0.0129. The summed E-state index contributed by atoms with van der Waals surface area (Å²) < 4.78 is 8.52. The van der Waals surface area contributed by atoms with Crippen LogP contribution in [0.1, 0.15) is 60.6 Å². The number of carbonyl (C=O) groups is 1. The summed E-state index contributed by atoms with van der Waals surface area (Å²) in [7, 11) is 0. The van der Waals surface area contributed by atoms with Crippen LogP contribution < -0.4 is 0 Å². The third-order valence-electron chi connectivity index (χ3n) is 7.84. The van der Waals surface area contributed by atoms with E-state index in [0.717, 1.165) is 32.1 Å². The summed E-state index contributed by atoms with van der Waals surface area (Å²) in [6.07, 6.45) is 11.0. The molecule has 0 spiro atoms. The van der Waals surface area contributed by atoms with E-state index in [9.17, 15) is 9.90 Å². The molecule has 2 heteroatoms. The first-order valence-electron chi connectivity index (χ1n) is 9.84. The van der Waals surface area contributed by atoms with Crippen molar-refractivity contribution in [3.05, 3.63) is 23.8 Å². The lowest BCUT2D eigenvalue weighted by molar-refractivity contribution is -0.126. The molecule has 126 valence electrons. The maximum absolute atomic E-state index is 12.2. The number of aliphatic hydroxyl groups is 1. The Bertz CT molecular complexity index is 623. The molecule has 1 N–H and O–H groups in total. The van der Waals surface area contributed by atoms with Crippen molar-refractivity contribution < 1.29 is 11.3 Å². The van der Waals surface area contributed by atoms with Gasteiger partial charge in [0.05, 0.1) is 6.10 Å². The monoisotopic (exact) mass is 315 g/mol. The molecule has 0 bridgehead atoms. The van der Waals surface area contributed by atoms with Crippen LogP contribution in [0.25, 0.3) is 0 Å². The standard InChI is InChI=1S/C21H30O2/c1-13(22)17-6-7-18-16-5-4-14-12-15(23)8-10-20(14,2)19(16)9-11-21(17,18)3/h4,8,10,15-19,23H,5-7,9,11-12H2,1-3H3/t15-,16?,17-,18?,19?,20+,21-/m1/s1/i6D/t6?,15-,16?,17-,18?,19?,20+,21-. The second kappa shape index (κ2) is 5.05. The second-order valence-electron chi connectivity index (χ2n) is 8.86. The number of hydrogen-bond donors (Lipinski definition) is 1. The highest BCUT2D eigenvalue weighted by Crippen LogP contribution is 2.65. The Hall–Kier alpha value is -0.890. The Morgan fingerprint density at radius 2 is 2.13 bits per heavy atom. The van der Waals surface area contributed by atoms with Gasteiger partial charge < -0.3 is 5.11 Å². The first-order chi connectivity index (χ1) is 11.3. The Labute approximate surface area is 141 Å². The van der Waals surface area contributed by atoms with Crippen molar-refractivity contribution in [2.45, 2.75) is 65.4 Å². The van der Waals surface area contributed by atoms with Crippen molar-refractivity contribution in [2.24, 2.45) is 34.5 Å². The van der Waals surface area contributed by atoms with Gasteiger partial charge in [-0.15, -0.1) is 0 Å². The van der Waals surface area contributed by atoms with Gasteiger partial charge in [-0.3, -0.25) is 4.79 Å². The zero-order valence-electron chi connectivity index (χ0n) is 15.6. The summed E-state index contributed by atoms with van der Waals surface area (Å²) in [6.45, 7) is 6.32. The number of aliphatic hydroxyl groups excluding tert-OH is 1. The van der Waals surface area contributed by atoms with Gasteiger partial charge in [0.15, 0.2) is 0 Å². The number of allylic oxidation sites excluding steroid dienone is 2. The fraction of sp³-hybridized carbons (Fsp3) is 0.762. The van der Waals surface area contributed by atoms with Crippen LogP contribution in [0.15, 0.2) is 23.8 Å². The Morgan fingerprint density at radius 1 is 1.35 bits per heavy atom. The summed E-state index contributed by atoms with van der Waals surface area (Å²) in [5.74, 6) is 1.80. The Morgan fingerprint density at radius 3 is 2.87 bits per heavy atom. The first kappa shape index (κ1) is 14.5. The van der Waals surface area contributed by atoms with Gasteiger partial charge in [0.25, 0.3) is 0 Å². The highest BCUT2D eigenvalue weighted by molar-refractivity contribution is 5.79. The molecule has 4 aliphatic carbocycles. The lowest BCUT2D eigenvalue weighted by Crippen LogP contribution is -2.49. The van der Waals surface area contributed by atoms with Crippen molar-refractivity contribution in [2.75, 3.05) is 0 Å². The molecule has 0 amide bonds. The van der Waals surface area contributed by atoms with Crippen molar-refractivity contribution >= 4 is 5.78 Å². The minimum atomic E-state index is -0.332. The van der Waals surface area contributed by atoms with E-state index in [1.165, 1.54) is 5.57 Å². The fourth-order valence-electron chi connectivity index (χ4n) is 6.60. The summed E-state index contributed by atoms with van der Waals surface area (Å²) >= 11 is 0. The Kier molecular flexibility index (Phi) is 3.17. The van der Waals surface area contributed by atoms with E-state index in [1.807, 2.05) is 6.08 Å². The molecule has 0 aliphatic heterocycles. The number of fused-ring (bicyclic) bond motifs is 5. The van der Waals surface area contributed by atoms with Gasteiger partial charge in [-0.05, 0) is 68.6 Å². The maximum Gasteiger partial charge on any atom is 0.133 e. The Balaban J connectivity index is 1.71. The second-order valence-corrected chi connectivity index (χ2v) is 8.86. The molecular weight excluding hydrogens is 284 g/mol. The van der Waals surface area contributed by atoms with Gasteiger partial charge in [-0.2, -0.15) is 0 Å². The van der Waals surface area contributed by atoms with Crippen LogP contribution in [0.4, 0.5) is 0 Å². The smallest absolute Gasteiger partial charge is 0.133 e. The molecule has 0 radical (unpaired) electrons. The maximum atomic E-state index is 12.2. The molecule has 8 atom stereocenters. The topological polar surface area (TPSA) is 37.3 Å². The molecule has 23 heavy (non-hydrogen) atoms. The van der Waals surface area contributed by atoms with E-state index in [-0.39, 0.29) is 35.0 Å². The van der Waals surface area contributed by atoms with Crippen molar-refractivity contribution in [1.29, 1.82) is 0 Å². The molecule has 2 saturated carbocycles. The van der Waals surface area contributed by atoms with Crippen molar-refractivity contribution in [3.63, 3.8) is 0 Å². The zero-order chi connectivity index (χ0) is 17.3. The van der Waals surface area contributed by atoms with Gasteiger partial charge in [0.1, 0.15) is 5.78 Å². The minimum Gasteiger partial charge on any atom is -0.389 e. The SMILES string of the molecule is [2H]C1CC2C3CC=C4C[C@H](O)C=C[C@]4(C)C3CC[C@]2(C)[C@H]1C(C)=O. The van der Waals surface area contributed by atoms with E-state index in [0.29, 0.717) is 17.8 Å². The number of rotatable bonds is 1. The summed E-state index contributed by atoms with van der Waals surface area (Å²) in [4.78, 5) is 12.2. The molecule has 4 rings (SSSR count). The third kappa shape index (κ3) is 2.06. The van der Waals surface area contributed by atoms with Gasteiger partial charge in [-0.25, -0.2) is 0 Å². The van der Waals surface area contributed by atoms with E-state index in [4.69, 9.17) is 1.37 Å². The number of carbonyl (C=O) groups excluding carboxylic acids is 1. The largest absolute Gasteiger partial charge is 0.389 e. The molecule has 0 aromatic heterocycles. The van der Waals surface area contributed by atoms with Gasteiger partial charge in [0.2, 0.25) is 0 Å². The molecular formula is C21H30O2. The van der Waals surface area contributed by atoms with Crippen LogP contribution in [-0.4, -0.2) is 17.0 Å². The van der Waals surface area contributed by atoms with Crippen molar-refractivity contribution in [3.8, 4) is 0 Å². The summed E-state index contributed by atoms with van der Waals surface area (Å²) in [5, 5.41) is 9.99. The molecule has 0 aromatic rings. The average Bonchev–Trinajstić information content (AvgIpc) is 2.78. The third-order valence-corrected chi connectivity index (χ3v) is 7.84. The number of ketones is 1. The van der Waals surface area contributed by atoms with E-state index in [2.05, 4.69) is 26.0 Å². The quantitative estimate of drug-likeness (QED) is 0.733. The average molecular weight is 315 g/mol. The van der Waals surface area contributed by atoms with E-state index >= 15 is 0 Å². The molecule has 4 aliphatic rings. The van der Waals surface area contributed by atoms with Crippen LogP contribution in [0.5, 0.6) is 0 Å². The summed E-state index contributed by atoms with van der Waals surface area (Å²) in [6, 6.07) is 0. The van der Waals surface area contributed by atoms with Crippen molar-refractivity contribution in [1.82, 2.24) is 0 Å². The van der Waals surface area contributed by atoms with E-state index in [1.54, 1.807) is 6.92 Å². The van der Waals surface area contributed by atoms with Gasteiger partial charge >= 0.3 is 0 Å². The lowest BCUT2D eigenvalue weighted by Gasteiger charge is -2.56.